The zero-order valence-electron chi connectivity index (χ0n) is 14.7. The molecule has 28 heavy (non-hydrogen) atoms. The van der Waals surface area contributed by atoms with Crippen LogP contribution < -0.4 is 5.32 Å². The number of rotatable bonds is 7. The van der Waals surface area contributed by atoms with E-state index < -0.39 is 12.7 Å². The number of carbonyl (C=O) groups excluding carboxylic acids is 1. The first-order valence-corrected chi connectivity index (χ1v) is 9.38. The van der Waals surface area contributed by atoms with Crippen molar-refractivity contribution in [2.45, 2.75) is 24.4 Å². The van der Waals surface area contributed by atoms with Gasteiger partial charge in [-0.05, 0) is 17.7 Å². The van der Waals surface area contributed by atoms with Gasteiger partial charge >= 0.3 is 6.18 Å². The van der Waals surface area contributed by atoms with E-state index in [1.807, 2.05) is 6.07 Å². The Bertz CT molecular complexity index is 914. The van der Waals surface area contributed by atoms with E-state index in [1.54, 1.807) is 48.7 Å². The van der Waals surface area contributed by atoms with Crippen molar-refractivity contribution in [3.05, 3.63) is 66.6 Å². The van der Waals surface area contributed by atoms with Crippen LogP contribution in [0.1, 0.15) is 5.69 Å². The highest BCUT2D eigenvalue weighted by Gasteiger charge is 2.31. The summed E-state index contributed by atoms with van der Waals surface area (Å²) in [5.41, 5.74) is 1.69. The van der Waals surface area contributed by atoms with Gasteiger partial charge in [-0.25, -0.2) is 4.98 Å². The smallest absolute Gasteiger partial charge is 0.350 e. The van der Waals surface area contributed by atoms with Crippen LogP contribution in [-0.4, -0.2) is 32.4 Å². The molecule has 1 N–H and O–H groups in total. The number of hydrogen-bond donors (Lipinski definition) is 1. The molecule has 0 bridgehead atoms. The lowest BCUT2D eigenvalue weighted by Crippen LogP contribution is -2.25. The summed E-state index contributed by atoms with van der Waals surface area (Å²) in [7, 11) is 0. The summed E-state index contributed by atoms with van der Waals surface area (Å²) >= 11 is 0.966. The fourth-order valence-electron chi connectivity index (χ4n) is 2.52. The lowest BCUT2D eigenvalue weighted by Gasteiger charge is -2.14. The third-order valence-corrected chi connectivity index (χ3v) is 4.74. The van der Waals surface area contributed by atoms with Crippen molar-refractivity contribution in [3.8, 4) is 11.3 Å². The second-order valence-corrected chi connectivity index (χ2v) is 6.82. The Labute approximate surface area is 164 Å². The highest BCUT2D eigenvalue weighted by Crippen LogP contribution is 2.29. The van der Waals surface area contributed by atoms with Gasteiger partial charge in [0.2, 0.25) is 5.91 Å². The lowest BCUT2D eigenvalue weighted by atomic mass is 10.2. The van der Waals surface area contributed by atoms with Crippen LogP contribution in [0.15, 0.2) is 66.1 Å². The van der Waals surface area contributed by atoms with Gasteiger partial charge in [0.25, 0.3) is 0 Å². The molecule has 0 aliphatic rings. The molecular formula is C19H17F3N4OS. The summed E-state index contributed by atoms with van der Waals surface area (Å²) in [6.07, 6.45) is -1.38. The first kappa shape index (κ1) is 19.9. The maximum Gasteiger partial charge on any atom is 0.406 e. The Morgan fingerprint density at radius 1 is 1.07 bits per heavy atom. The zero-order valence-corrected chi connectivity index (χ0v) is 15.5. The van der Waals surface area contributed by atoms with E-state index in [0.717, 1.165) is 16.3 Å². The largest absolute Gasteiger partial charge is 0.406 e. The van der Waals surface area contributed by atoms with E-state index in [0.29, 0.717) is 17.0 Å². The van der Waals surface area contributed by atoms with E-state index in [4.69, 9.17) is 0 Å². The van der Waals surface area contributed by atoms with E-state index in [1.165, 1.54) is 6.20 Å². The summed E-state index contributed by atoms with van der Waals surface area (Å²) in [5.74, 6) is -0.353. The number of benzene rings is 1. The molecule has 3 aromatic rings. The Hall–Kier alpha value is -2.81. The number of hydrogen-bond acceptors (Lipinski definition) is 4. The zero-order chi connectivity index (χ0) is 20.0. The van der Waals surface area contributed by atoms with Crippen LogP contribution in [0.25, 0.3) is 11.3 Å². The molecule has 2 heterocycles. The van der Waals surface area contributed by atoms with Crippen molar-refractivity contribution in [2.24, 2.45) is 0 Å². The number of nitrogens with one attached hydrogen (secondary N) is 1. The van der Waals surface area contributed by atoms with Crippen LogP contribution in [0.5, 0.6) is 0 Å². The molecule has 0 radical (unpaired) electrons. The molecule has 0 spiro atoms. The van der Waals surface area contributed by atoms with Gasteiger partial charge in [-0.15, -0.1) is 0 Å². The monoisotopic (exact) mass is 406 g/mol. The number of alkyl halides is 3. The second kappa shape index (κ2) is 8.92. The van der Waals surface area contributed by atoms with Crippen LogP contribution >= 0.6 is 11.8 Å². The van der Waals surface area contributed by atoms with Crippen LogP contribution in [0.3, 0.4) is 0 Å². The lowest BCUT2D eigenvalue weighted by molar-refractivity contribution is -0.141. The summed E-state index contributed by atoms with van der Waals surface area (Å²) in [6.45, 7) is -0.915. The number of pyridine rings is 1. The number of thioether (sulfide) groups is 1. The van der Waals surface area contributed by atoms with Crippen molar-refractivity contribution in [1.29, 1.82) is 0 Å². The van der Waals surface area contributed by atoms with Gasteiger partial charge in [0, 0.05) is 6.20 Å². The van der Waals surface area contributed by atoms with Gasteiger partial charge in [0.05, 0.1) is 29.9 Å². The molecule has 0 atom stereocenters. The molecule has 0 saturated heterocycles. The SMILES string of the molecule is O=C(CSc1ncc(-c2ccccc2)n1CC(F)(F)F)NCc1ccccn1. The number of aromatic nitrogens is 3. The van der Waals surface area contributed by atoms with Gasteiger partial charge < -0.3 is 9.88 Å². The van der Waals surface area contributed by atoms with Crippen molar-refractivity contribution < 1.29 is 18.0 Å². The minimum Gasteiger partial charge on any atom is -0.350 e. The van der Waals surface area contributed by atoms with Gasteiger partial charge in [0.15, 0.2) is 5.16 Å². The number of imidazole rings is 1. The molecule has 0 fully saturated rings. The quantitative estimate of drug-likeness (QED) is 0.605. The maximum atomic E-state index is 13.1. The Balaban J connectivity index is 1.69. The number of amides is 1. The summed E-state index contributed by atoms with van der Waals surface area (Å²) < 4.78 is 40.3. The molecule has 0 aliphatic carbocycles. The van der Waals surface area contributed by atoms with Gasteiger partial charge in [0.1, 0.15) is 6.54 Å². The second-order valence-electron chi connectivity index (χ2n) is 5.88. The molecule has 1 amide bonds. The number of halogens is 3. The predicted molar refractivity (Wildman–Crippen MR) is 101 cm³/mol. The van der Waals surface area contributed by atoms with Crippen LogP contribution in [-0.2, 0) is 17.9 Å². The normalized spacial score (nSPS) is 11.4. The van der Waals surface area contributed by atoms with Crippen LogP contribution in [0.2, 0.25) is 0 Å². The Morgan fingerprint density at radius 2 is 1.82 bits per heavy atom. The van der Waals surface area contributed by atoms with Crippen molar-refractivity contribution in [2.75, 3.05) is 5.75 Å². The van der Waals surface area contributed by atoms with Gasteiger partial charge in [-0.1, -0.05) is 48.2 Å². The number of carbonyl (C=O) groups is 1. The Kier molecular flexibility index (Phi) is 6.35. The number of nitrogens with zero attached hydrogens (tertiary/aromatic N) is 3. The van der Waals surface area contributed by atoms with E-state index >= 15 is 0 Å². The van der Waals surface area contributed by atoms with Gasteiger partial charge in [-0.3, -0.25) is 9.78 Å². The molecule has 2 aromatic heterocycles. The van der Waals surface area contributed by atoms with Crippen molar-refractivity contribution in [3.63, 3.8) is 0 Å². The Morgan fingerprint density at radius 3 is 2.50 bits per heavy atom. The highest BCUT2D eigenvalue weighted by molar-refractivity contribution is 7.99. The van der Waals surface area contributed by atoms with Crippen LogP contribution in [0, 0.1) is 0 Å². The third kappa shape index (κ3) is 5.59. The first-order valence-electron chi connectivity index (χ1n) is 8.39. The average molecular weight is 406 g/mol. The molecule has 3 rings (SSSR count). The third-order valence-electron chi connectivity index (χ3n) is 3.75. The molecule has 146 valence electrons. The standard InChI is InChI=1S/C19H17F3N4OS/c20-19(21,22)13-26-16(14-6-2-1-3-7-14)11-25-18(26)28-12-17(27)24-10-15-8-4-5-9-23-15/h1-9,11H,10,12-13H2,(H,24,27). The van der Waals surface area contributed by atoms with E-state index in [9.17, 15) is 18.0 Å². The summed E-state index contributed by atoms with van der Waals surface area (Å²) in [5, 5.41) is 2.84. The molecule has 0 aliphatic heterocycles. The fourth-order valence-corrected chi connectivity index (χ4v) is 3.33. The molecule has 1 aromatic carbocycles. The molecule has 9 heteroatoms. The predicted octanol–water partition coefficient (Wildman–Crippen LogP) is 3.92. The minimum absolute atomic E-state index is 0.0457. The first-order chi connectivity index (χ1) is 13.4. The summed E-state index contributed by atoms with van der Waals surface area (Å²) in [4.78, 5) is 20.2. The average Bonchev–Trinajstić information content (AvgIpc) is 3.07. The topological polar surface area (TPSA) is 59.8 Å². The molecule has 5 nitrogen and oxygen atoms in total. The summed E-state index contributed by atoms with van der Waals surface area (Å²) in [6, 6.07) is 14.1. The minimum atomic E-state index is -4.40. The van der Waals surface area contributed by atoms with Gasteiger partial charge in [-0.2, -0.15) is 13.2 Å². The molecule has 0 saturated carbocycles. The van der Waals surface area contributed by atoms with Crippen LogP contribution in [0.4, 0.5) is 13.2 Å². The van der Waals surface area contributed by atoms with E-state index in [2.05, 4.69) is 15.3 Å². The molecular weight excluding hydrogens is 389 g/mol. The van der Waals surface area contributed by atoms with Crippen molar-refractivity contribution in [1.82, 2.24) is 19.9 Å². The maximum absolute atomic E-state index is 13.1. The highest BCUT2D eigenvalue weighted by atomic mass is 32.2. The molecule has 0 unspecified atom stereocenters. The van der Waals surface area contributed by atoms with E-state index in [-0.39, 0.29) is 23.4 Å². The van der Waals surface area contributed by atoms with Crippen molar-refractivity contribution >= 4 is 17.7 Å². The fraction of sp³-hybridized carbons (Fsp3) is 0.211.